The third-order valence-electron chi connectivity index (χ3n) is 6.48. The second-order valence-corrected chi connectivity index (χ2v) is 9.56. The van der Waals surface area contributed by atoms with E-state index in [1.807, 2.05) is 11.8 Å². The first-order chi connectivity index (χ1) is 13.7. The normalized spacial score (nSPS) is 27.4. The van der Waals surface area contributed by atoms with Crippen LogP contribution in [0.4, 0.5) is 0 Å². The number of carbonyl (C=O) groups excluding carboxylic acids is 1. The minimum atomic E-state index is 0.311. The third kappa shape index (κ3) is 6.28. The molecule has 0 bridgehead atoms. The maximum Gasteiger partial charge on any atom is 0.225 e. The van der Waals surface area contributed by atoms with Crippen molar-refractivity contribution in [2.45, 2.75) is 63.2 Å². The number of hydrogen-bond donors (Lipinski definition) is 2. The average molecular weight is 410 g/mol. The van der Waals surface area contributed by atoms with Gasteiger partial charge in [0, 0.05) is 56.5 Å². The Morgan fingerprint density at radius 1 is 1.11 bits per heavy atom. The van der Waals surface area contributed by atoms with Crippen molar-refractivity contribution >= 4 is 23.6 Å². The summed E-state index contributed by atoms with van der Waals surface area (Å²) in [6.45, 7) is 8.53. The van der Waals surface area contributed by atoms with Crippen LogP contribution in [0.3, 0.4) is 0 Å². The number of guanidine groups is 1. The highest BCUT2D eigenvalue weighted by Crippen LogP contribution is 2.28. The lowest BCUT2D eigenvalue weighted by Crippen LogP contribution is -2.50. The summed E-state index contributed by atoms with van der Waals surface area (Å²) in [5.74, 6) is 1.68. The summed E-state index contributed by atoms with van der Waals surface area (Å²) in [7, 11) is 0. The summed E-state index contributed by atoms with van der Waals surface area (Å²) in [5.41, 5.74) is 0. The molecule has 1 heterocycles. The summed E-state index contributed by atoms with van der Waals surface area (Å²) < 4.78 is 0. The molecule has 1 saturated heterocycles. The van der Waals surface area contributed by atoms with Crippen LogP contribution in [0.1, 0.15) is 51.9 Å². The Labute approximate surface area is 175 Å². The van der Waals surface area contributed by atoms with E-state index >= 15 is 0 Å². The molecular weight excluding hydrogens is 370 g/mol. The Hall–Kier alpha value is -0.950. The first-order valence-corrected chi connectivity index (χ1v) is 12.6. The quantitative estimate of drug-likeness (QED) is 0.498. The van der Waals surface area contributed by atoms with E-state index in [9.17, 15) is 4.79 Å². The lowest BCUT2D eigenvalue weighted by Gasteiger charge is -2.35. The molecule has 1 aliphatic heterocycles. The fourth-order valence-electron chi connectivity index (χ4n) is 4.72. The molecule has 1 amide bonds. The van der Waals surface area contributed by atoms with Gasteiger partial charge in [0.2, 0.25) is 5.91 Å². The maximum atomic E-state index is 12.6. The van der Waals surface area contributed by atoms with Crippen LogP contribution in [0.5, 0.6) is 0 Å². The van der Waals surface area contributed by atoms with Crippen molar-refractivity contribution in [3.63, 3.8) is 0 Å². The van der Waals surface area contributed by atoms with Crippen molar-refractivity contribution in [1.29, 1.82) is 0 Å². The zero-order valence-electron chi connectivity index (χ0n) is 17.8. The molecule has 7 heteroatoms. The Morgan fingerprint density at radius 3 is 2.50 bits per heavy atom. The van der Waals surface area contributed by atoms with Crippen molar-refractivity contribution in [2.24, 2.45) is 10.9 Å². The maximum absolute atomic E-state index is 12.6. The Balaban J connectivity index is 1.37. The number of amides is 1. The first kappa shape index (κ1) is 21.8. The highest BCUT2D eigenvalue weighted by Gasteiger charge is 2.29. The monoisotopic (exact) mass is 409 g/mol. The number of aliphatic imine (C=N–C) groups is 1. The Bertz CT molecular complexity index is 515. The molecule has 160 valence electrons. The lowest BCUT2D eigenvalue weighted by atomic mass is 10.1. The summed E-state index contributed by atoms with van der Waals surface area (Å²) in [6, 6.07) is 0.556. The van der Waals surface area contributed by atoms with Gasteiger partial charge in [0.25, 0.3) is 0 Å². The predicted molar refractivity (Wildman–Crippen MR) is 119 cm³/mol. The van der Waals surface area contributed by atoms with Crippen LogP contribution < -0.4 is 10.6 Å². The van der Waals surface area contributed by atoms with E-state index < -0.39 is 0 Å². The Kier molecular flexibility index (Phi) is 8.77. The molecule has 3 aliphatic rings. The van der Waals surface area contributed by atoms with Crippen LogP contribution in [0.25, 0.3) is 0 Å². The van der Waals surface area contributed by atoms with Gasteiger partial charge in [-0.25, -0.2) is 0 Å². The minimum Gasteiger partial charge on any atom is -0.357 e. The molecule has 2 atom stereocenters. The largest absolute Gasteiger partial charge is 0.357 e. The zero-order valence-corrected chi connectivity index (χ0v) is 18.6. The van der Waals surface area contributed by atoms with Gasteiger partial charge in [-0.2, -0.15) is 11.8 Å². The fraction of sp³-hybridized carbons (Fsp3) is 0.905. The topological polar surface area (TPSA) is 60.0 Å². The van der Waals surface area contributed by atoms with Gasteiger partial charge in [-0.1, -0.05) is 12.8 Å². The molecule has 0 radical (unpaired) electrons. The standard InChI is InChI=1S/C21H39N5OS/c1-3-22-21(24-18-8-9-19(16-18)28-2)23-10-11-25-12-14-26(15-13-25)20(27)17-6-4-5-7-17/h17-19H,3-16H2,1-2H3,(H2,22,23,24). The van der Waals surface area contributed by atoms with Crippen LogP contribution >= 0.6 is 11.8 Å². The van der Waals surface area contributed by atoms with Crippen molar-refractivity contribution in [1.82, 2.24) is 20.4 Å². The molecule has 2 N–H and O–H groups in total. The van der Waals surface area contributed by atoms with Crippen molar-refractivity contribution < 1.29 is 4.79 Å². The van der Waals surface area contributed by atoms with Crippen molar-refractivity contribution in [3.05, 3.63) is 0 Å². The summed E-state index contributed by atoms with van der Waals surface area (Å²) in [6.07, 6.45) is 10.7. The van der Waals surface area contributed by atoms with Gasteiger partial charge in [-0.15, -0.1) is 0 Å². The van der Waals surface area contributed by atoms with E-state index in [0.717, 1.165) is 69.9 Å². The molecule has 0 aromatic heterocycles. The Morgan fingerprint density at radius 2 is 1.86 bits per heavy atom. The molecular formula is C21H39N5OS. The van der Waals surface area contributed by atoms with Gasteiger partial charge < -0.3 is 15.5 Å². The highest BCUT2D eigenvalue weighted by molar-refractivity contribution is 7.99. The summed E-state index contributed by atoms with van der Waals surface area (Å²) >= 11 is 1.99. The van der Waals surface area contributed by atoms with Crippen LogP contribution in [-0.2, 0) is 4.79 Å². The predicted octanol–water partition coefficient (Wildman–Crippen LogP) is 2.16. The average Bonchev–Trinajstić information content (AvgIpc) is 3.40. The highest BCUT2D eigenvalue weighted by atomic mass is 32.2. The smallest absolute Gasteiger partial charge is 0.225 e. The molecule has 28 heavy (non-hydrogen) atoms. The number of nitrogens with one attached hydrogen (secondary N) is 2. The van der Waals surface area contributed by atoms with Gasteiger partial charge in [-0.05, 0) is 45.3 Å². The van der Waals surface area contributed by atoms with E-state index in [-0.39, 0.29) is 0 Å². The molecule has 0 aromatic rings. The number of nitrogens with zero attached hydrogens (tertiary/aromatic N) is 3. The van der Waals surface area contributed by atoms with E-state index in [1.54, 1.807) is 0 Å². The van der Waals surface area contributed by atoms with Gasteiger partial charge in [0.05, 0.1) is 6.54 Å². The molecule has 2 unspecified atom stereocenters. The van der Waals surface area contributed by atoms with Gasteiger partial charge >= 0.3 is 0 Å². The number of piperazine rings is 1. The number of thioether (sulfide) groups is 1. The van der Waals surface area contributed by atoms with E-state index in [2.05, 4.69) is 33.6 Å². The molecule has 3 rings (SSSR count). The number of hydrogen-bond acceptors (Lipinski definition) is 4. The zero-order chi connectivity index (χ0) is 19.8. The van der Waals surface area contributed by atoms with E-state index in [0.29, 0.717) is 17.9 Å². The second-order valence-electron chi connectivity index (χ2n) is 8.42. The minimum absolute atomic E-state index is 0.311. The SMILES string of the molecule is CCNC(=NCCN1CCN(C(=O)C2CCCC2)CC1)NC1CCC(SC)C1. The summed E-state index contributed by atoms with van der Waals surface area (Å²) in [4.78, 5) is 21.9. The van der Waals surface area contributed by atoms with Gasteiger partial charge in [0.1, 0.15) is 0 Å². The van der Waals surface area contributed by atoms with Crippen LogP contribution in [0, 0.1) is 5.92 Å². The molecule has 3 fully saturated rings. The fourth-order valence-corrected chi connectivity index (χ4v) is 5.52. The van der Waals surface area contributed by atoms with Crippen molar-refractivity contribution in [3.8, 4) is 0 Å². The number of carbonyl (C=O) groups is 1. The van der Waals surface area contributed by atoms with Crippen molar-refractivity contribution in [2.75, 3.05) is 52.1 Å². The lowest BCUT2D eigenvalue weighted by molar-refractivity contribution is -0.137. The van der Waals surface area contributed by atoms with E-state index in [4.69, 9.17) is 4.99 Å². The molecule has 0 aromatic carbocycles. The van der Waals surface area contributed by atoms with Gasteiger partial charge in [-0.3, -0.25) is 14.7 Å². The van der Waals surface area contributed by atoms with Crippen LogP contribution in [0.2, 0.25) is 0 Å². The molecule has 0 spiro atoms. The third-order valence-corrected chi connectivity index (χ3v) is 7.57. The molecule has 2 saturated carbocycles. The second kappa shape index (κ2) is 11.3. The molecule has 2 aliphatic carbocycles. The first-order valence-electron chi connectivity index (χ1n) is 11.3. The van der Waals surface area contributed by atoms with E-state index in [1.165, 1.54) is 32.1 Å². The van der Waals surface area contributed by atoms with Crippen LogP contribution in [0.15, 0.2) is 4.99 Å². The number of rotatable bonds is 7. The van der Waals surface area contributed by atoms with Gasteiger partial charge in [0.15, 0.2) is 5.96 Å². The molecule has 6 nitrogen and oxygen atoms in total. The summed E-state index contributed by atoms with van der Waals surface area (Å²) in [5, 5.41) is 7.82. The van der Waals surface area contributed by atoms with Crippen LogP contribution in [-0.4, -0.2) is 85.0 Å².